The summed E-state index contributed by atoms with van der Waals surface area (Å²) in [7, 11) is -11.5. The van der Waals surface area contributed by atoms with Gasteiger partial charge in [0.05, 0.1) is 0 Å². The Morgan fingerprint density at radius 1 is 0.867 bits per heavy atom. The van der Waals surface area contributed by atoms with Gasteiger partial charge in [0.1, 0.15) is 0 Å². The average molecular weight is 333 g/mol. The van der Waals surface area contributed by atoms with E-state index in [2.05, 4.69) is 10.3 Å². The molecule has 15 heteroatoms. The Morgan fingerprint density at radius 2 is 0.867 bits per heavy atom. The molecule has 0 aliphatic carbocycles. The first-order valence-electron chi connectivity index (χ1n) is 2.07. The fourth-order valence-corrected chi connectivity index (χ4v) is 0. The normalized spacial score (nSPS) is 10.1. The molecule has 0 unspecified atom stereocenters. The van der Waals surface area contributed by atoms with Crippen LogP contribution in [0, 0.1) is 0 Å². The van der Waals surface area contributed by atoms with Gasteiger partial charge in [0.2, 0.25) is 0 Å². The van der Waals surface area contributed by atoms with Crippen LogP contribution >= 0.6 is 8.60 Å². The molecule has 0 saturated heterocycles. The Hall–Kier alpha value is 0.544. The van der Waals surface area contributed by atoms with E-state index in [1.165, 1.54) is 0 Å². The first-order valence-corrected chi connectivity index (χ1v) is 6.21. The van der Waals surface area contributed by atoms with Gasteiger partial charge in [0.15, 0.2) is 20.6 Å². The molecule has 0 amide bonds. The number of rotatable bonds is 0. The molecular weight excluding hydrogens is 326 g/mol. The minimum atomic E-state index is -4.42. The molecule has 0 aliphatic rings. The Labute approximate surface area is 96.8 Å². The topological polar surface area (TPSA) is 227 Å². The fraction of sp³-hybridized carbons (Fsp3) is 0. The van der Waals surface area contributed by atoms with E-state index in [1.807, 2.05) is 0 Å². The van der Waals surface area contributed by atoms with Crippen LogP contribution in [-0.4, -0.2) is 40.6 Å². The van der Waals surface area contributed by atoms with Crippen LogP contribution in [0.4, 0.5) is 0 Å². The minimum absolute atomic E-state index is 0. The average Bonchev–Trinajstić information content (AvgIpc) is 1.45. The third-order valence-corrected chi connectivity index (χ3v) is 0. The van der Waals surface area contributed by atoms with Crippen LogP contribution in [0.5, 0.6) is 0 Å². The van der Waals surface area contributed by atoms with Gasteiger partial charge in [-0.2, -0.15) is 0 Å². The van der Waals surface area contributed by atoms with Crippen LogP contribution in [0.25, 0.3) is 0 Å². The predicted molar refractivity (Wildman–Crippen MR) is 41.3 cm³/mol. The van der Waals surface area contributed by atoms with Crippen molar-refractivity contribution in [1.82, 2.24) is 0 Å². The zero-order chi connectivity index (χ0) is 12.6. The summed E-state index contributed by atoms with van der Waals surface area (Å²) in [5.41, 5.74) is 0. The molecule has 0 rings (SSSR count). The summed E-state index contributed by atoms with van der Waals surface area (Å²) < 4.78 is 53.1. The van der Waals surface area contributed by atoms with Crippen LogP contribution in [0.3, 0.4) is 0 Å². The molecule has 0 saturated carbocycles. The summed E-state index contributed by atoms with van der Waals surface area (Å²) in [5.74, 6) is 0. The van der Waals surface area contributed by atoms with Crippen molar-refractivity contribution in [3.8, 4) is 0 Å². The van der Waals surface area contributed by atoms with E-state index < -0.39 is 29.2 Å². The molecule has 15 heavy (non-hydrogen) atoms. The standard InChI is InChI=1S/2H3NO3S.Ni.H3O3P/c2*1-5(2,3)4;;1-4(2)3/h2*(H3,1,2,3,4);;1-3H/q;;+2;/p-2. The second kappa shape index (κ2) is 11.0. The summed E-state index contributed by atoms with van der Waals surface area (Å²) in [5, 5.41) is 7.54. The molecule has 11 nitrogen and oxygen atoms in total. The number of hydrogen-bond donors (Lipinski definition) is 5. The first kappa shape index (κ1) is 24.7. The van der Waals surface area contributed by atoms with Gasteiger partial charge in [-0.15, -0.1) is 0 Å². The van der Waals surface area contributed by atoms with Crippen molar-refractivity contribution in [2.24, 2.45) is 10.3 Å². The molecule has 0 aliphatic heterocycles. The molecule has 0 aromatic rings. The van der Waals surface area contributed by atoms with Crippen molar-refractivity contribution in [3.63, 3.8) is 0 Å². The van der Waals surface area contributed by atoms with E-state index in [0.717, 1.165) is 0 Å². The largest absolute Gasteiger partial charge is 2.00 e. The third kappa shape index (κ3) is 7750. The smallest absolute Gasteiger partial charge is 0.736 e. The Morgan fingerprint density at radius 3 is 0.867 bits per heavy atom. The maximum Gasteiger partial charge on any atom is 2.00 e. The van der Waals surface area contributed by atoms with E-state index in [9.17, 15) is 0 Å². The number of hydrogen-bond acceptors (Lipinski definition) is 9. The predicted octanol–water partition coefficient (Wildman–Crippen LogP) is -4.00. The number of nitrogens with two attached hydrogens (primary N) is 2. The van der Waals surface area contributed by atoms with Crippen LogP contribution in [-0.2, 0) is 37.1 Å². The molecule has 0 aromatic heterocycles. The fourth-order valence-electron chi connectivity index (χ4n) is 0. The van der Waals surface area contributed by atoms with Crippen molar-refractivity contribution >= 4 is 29.2 Å². The molecule has 0 aromatic carbocycles. The van der Waals surface area contributed by atoms with Gasteiger partial charge < -0.3 is 23.8 Å². The summed E-state index contributed by atoms with van der Waals surface area (Å²) in [6.07, 6.45) is 0. The quantitative estimate of drug-likeness (QED) is 0.165. The van der Waals surface area contributed by atoms with Crippen molar-refractivity contribution < 1.29 is 57.1 Å². The maximum absolute atomic E-state index is 8.85. The minimum Gasteiger partial charge on any atom is -0.736 e. The monoisotopic (exact) mass is 332 g/mol. The van der Waals surface area contributed by atoms with Gasteiger partial charge in [0.25, 0.3) is 0 Å². The van der Waals surface area contributed by atoms with Crippen molar-refractivity contribution in [2.45, 2.75) is 0 Å². The Kier molecular flexibility index (Phi) is 18.2. The molecule has 0 radical (unpaired) electrons. The zero-order valence-electron chi connectivity index (χ0n) is 6.53. The molecule has 0 heterocycles. The van der Waals surface area contributed by atoms with Gasteiger partial charge in [-0.3, -0.25) is 0 Å². The molecule has 0 atom stereocenters. The van der Waals surface area contributed by atoms with E-state index in [1.54, 1.807) is 0 Å². The second-order valence-corrected chi connectivity index (χ2v) is 3.76. The van der Waals surface area contributed by atoms with Gasteiger partial charge in [-0.25, -0.2) is 27.1 Å². The second-order valence-electron chi connectivity index (χ2n) is 1.25. The van der Waals surface area contributed by atoms with Crippen molar-refractivity contribution in [3.05, 3.63) is 0 Å². The summed E-state index contributed by atoms with van der Waals surface area (Å²) in [6, 6.07) is 0. The SMILES string of the molecule is NS(=O)(=O)[O-].NS(=O)(=O)[O-].OP(O)O.[Ni+2]. The summed E-state index contributed by atoms with van der Waals surface area (Å²) >= 11 is 0. The zero-order valence-corrected chi connectivity index (χ0v) is 10.0. The Bertz CT molecular complexity index is 256. The third-order valence-electron chi connectivity index (χ3n) is 0. The van der Waals surface area contributed by atoms with E-state index in [0.29, 0.717) is 0 Å². The first-order chi connectivity index (χ1) is 5.73. The van der Waals surface area contributed by atoms with Crippen molar-refractivity contribution in [1.29, 1.82) is 0 Å². The van der Waals surface area contributed by atoms with Crippen LogP contribution in [0.15, 0.2) is 0 Å². The van der Waals surface area contributed by atoms with Gasteiger partial charge in [-0.1, -0.05) is 0 Å². The molecular formula is H7N2NiO9PS2. The molecule has 7 N–H and O–H groups in total. The van der Waals surface area contributed by atoms with E-state index in [-0.39, 0.29) is 16.5 Å². The molecule has 0 bridgehead atoms. The molecule has 98 valence electrons. The van der Waals surface area contributed by atoms with Crippen LogP contribution < -0.4 is 10.3 Å². The maximum atomic E-state index is 8.85. The molecule has 0 spiro atoms. The van der Waals surface area contributed by atoms with Gasteiger partial charge in [-0.05, 0) is 0 Å². The van der Waals surface area contributed by atoms with E-state index >= 15 is 0 Å². The van der Waals surface area contributed by atoms with Gasteiger partial charge in [0, 0.05) is 0 Å². The summed E-state index contributed by atoms with van der Waals surface area (Å²) in [6.45, 7) is 0. The molecule has 0 fully saturated rings. The van der Waals surface area contributed by atoms with Crippen molar-refractivity contribution in [2.75, 3.05) is 0 Å². The van der Waals surface area contributed by atoms with Gasteiger partial charge >= 0.3 is 25.1 Å². The van der Waals surface area contributed by atoms with Crippen LogP contribution in [0.1, 0.15) is 0 Å². The Balaban J connectivity index is -0.0000000590. The van der Waals surface area contributed by atoms with Crippen LogP contribution in [0.2, 0.25) is 0 Å². The van der Waals surface area contributed by atoms with E-state index in [4.69, 9.17) is 40.6 Å². The summed E-state index contributed by atoms with van der Waals surface area (Å²) in [4.78, 5) is 21.7.